The lowest BCUT2D eigenvalue weighted by Crippen LogP contribution is -2.00. The van der Waals surface area contributed by atoms with E-state index < -0.39 is 15.7 Å². The van der Waals surface area contributed by atoms with Crippen molar-refractivity contribution in [1.82, 2.24) is 0 Å². The van der Waals surface area contributed by atoms with Gasteiger partial charge in [0, 0.05) is 0 Å². The van der Waals surface area contributed by atoms with Gasteiger partial charge in [0.05, 0.1) is 4.90 Å². The molecule has 0 N–H and O–H groups in total. The Morgan fingerprint density at radius 2 is 1.75 bits per heavy atom. The molecule has 0 aliphatic rings. The standard InChI is InChI=1S/C7H6FIO2S/c8-6-1-3-7(4-2-6)12(10,11)5-9/h1-4H,5H2. The third-order valence-corrected chi connectivity index (χ3v) is 5.05. The lowest BCUT2D eigenvalue weighted by Gasteiger charge is -1.98. The molecule has 1 aromatic rings. The predicted molar refractivity (Wildman–Crippen MR) is 52.5 cm³/mol. The number of sulfone groups is 1. The second-order valence-corrected chi connectivity index (χ2v) is 5.97. The van der Waals surface area contributed by atoms with E-state index in [9.17, 15) is 12.8 Å². The minimum Gasteiger partial charge on any atom is -0.223 e. The van der Waals surface area contributed by atoms with Gasteiger partial charge in [0.2, 0.25) is 0 Å². The van der Waals surface area contributed by atoms with Gasteiger partial charge in [0.1, 0.15) is 9.58 Å². The maximum atomic E-state index is 12.4. The van der Waals surface area contributed by atoms with E-state index in [1.807, 2.05) is 0 Å². The summed E-state index contributed by atoms with van der Waals surface area (Å²) in [7, 11) is -3.19. The lowest BCUT2D eigenvalue weighted by atomic mass is 10.4. The van der Waals surface area contributed by atoms with E-state index in [2.05, 4.69) is 0 Å². The van der Waals surface area contributed by atoms with Crippen molar-refractivity contribution in [2.75, 3.05) is 3.76 Å². The van der Waals surface area contributed by atoms with E-state index >= 15 is 0 Å². The van der Waals surface area contributed by atoms with Gasteiger partial charge in [-0.15, -0.1) is 0 Å². The first kappa shape index (κ1) is 9.91. The average molecular weight is 300 g/mol. The van der Waals surface area contributed by atoms with Crippen molar-refractivity contribution in [3.8, 4) is 0 Å². The molecule has 0 heterocycles. The molecule has 1 rings (SSSR count). The van der Waals surface area contributed by atoms with Crippen molar-refractivity contribution in [2.24, 2.45) is 0 Å². The first-order valence-electron chi connectivity index (χ1n) is 3.10. The Labute approximate surface area is 83.8 Å². The molecule has 66 valence electrons. The molecule has 0 atom stereocenters. The highest BCUT2D eigenvalue weighted by Gasteiger charge is 2.11. The van der Waals surface area contributed by atoms with E-state index in [0.29, 0.717) is 0 Å². The molecule has 0 aliphatic carbocycles. The van der Waals surface area contributed by atoms with Gasteiger partial charge in [-0.3, -0.25) is 0 Å². The Hall–Kier alpha value is -0.170. The van der Waals surface area contributed by atoms with Crippen LogP contribution >= 0.6 is 22.6 Å². The quantitative estimate of drug-likeness (QED) is 0.475. The topological polar surface area (TPSA) is 34.1 Å². The van der Waals surface area contributed by atoms with Crippen LogP contribution in [0.1, 0.15) is 0 Å². The number of halogens is 2. The van der Waals surface area contributed by atoms with Crippen LogP contribution in [0.2, 0.25) is 0 Å². The fourth-order valence-electron chi connectivity index (χ4n) is 0.705. The Bertz CT molecular complexity index is 357. The summed E-state index contributed by atoms with van der Waals surface area (Å²) >= 11 is 1.76. The Morgan fingerprint density at radius 1 is 1.25 bits per heavy atom. The number of benzene rings is 1. The van der Waals surface area contributed by atoms with Crippen molar-refractivity contribution in [3.05, 3.63) is 30.1 Å². The van der Waals surface area contributed by atoms with E-state index in [1.54, 1.807) is 22.6 Å². The number of alkyl halides is 1. The molecular formula is C7H6FIO2S. The molecular weight excluding hydrogens is 294 g/mol. The first-order valence-corrected chi connectivity index (χ1v) is 6.28. The van der Waals surface area contributed by atoms with Crippen molar-refractivity contribution >= 4 is 32.4 Å². The second kappa shape index (κ2) is 3.69. The molecule has 0 saturated carbocycles. The predicted octanol–water partition coefficient (Wildman–Crippen LogP) is 1.99. The summed E-state index contributed by atoms with van der Waals surface area (Å²) in [5, 5.41) is 0. The van der Waals surface area contributed by atoms with Gasteiger partial charge < -0.3 is 0 Å². The Balaban J connectivity index is 3.14. The van der Waals surface area contributed by atoms with Crippen LogP contribution in [0, 0.1) is 5.82 Å². The van der Waals surface area contributed by atoms with E-state index in [-0.39, 0.29) is 8.66 Å². The normalized spacial score (nSPS) is 11.5. The van der Waals surface area contributed by atoms with Crippen molar-refractivity contribution in [2.45, 2.75) is 4.90 Å². The zero-order valence-corrected chi connectivity index (χ0v) is 8.97. The van der Waals surface area contributed by atoms with Crippen LogP contribution in [-0.2, 0) is 9.84 Å². The molecule has 0 amide bonds. The molecule has 0 saturated heterocycles. The summed E-state index contributed by atoms with van der Waals surface area (Å²) in [5.74, 6) is -0.428. The molecule has 0 fully saturated rings. The van der Waals surface area contributed by atoms with Crippen LogP contribution in [-0.4, -0.2) is 12.2 Å². The molecule has 0 spiro atoms. The maximum Gasteiger partial charge on any atom is 0.187 e. The SMILES string of the molecule is O=S(=O)(CI)c1ccc(F)cc1. The van der Waals surface area contributed by atoms with E-state index in [0.717, 1.165) is 12.1 Å². The Morgan fingerprint density at radius 3 is 2.17 bits per heavy atom. The minimum atomic E-state index is -3.19. The average Bonchev–Trinajstić information content (AvgIpc) is 2.05. The summed E-state index contributed by atoms with van der Waals surface area (Å²) < 4.78 is 34.8. The van der Waals surface area contributed by atoms with Crippen molar-refractivity contribution < 1.29 is 12.8 Å². The largest absolute Gasteiger partial charge is 0.223 e. The third-order valence-electron chi connectivity index (χ3n) is 1.32. The highest BCUT2D eigenvalue weighted by atomic mass is 127. The van der Waals surface area contributed by atoms with Gasteiger partial charge in [-0.25, -0.2) is 12.8 Å². The number of rotatable bonds is 2. The molecule has 2 nitrogen and oxygen atoms in total. The van der Waals surface area contributed by atoms with Crippen LogP contribution < -0.4 is 0 Å². The highest BCUT2D eigenvalue weighted by Crippen LogP contribution is 2.13. The highest BCUT2D eigenvalue weighted by molar-refractivity contribution is 14.1. The molecule has 0 radical (unpaired) electrons. The first-order chi connectivity index (χ1) is 5.56. The molecule has 0 unspecified atom stereocenters. The van der Waals surface area contributed by atoms with Crippen LogP contribution in [0.4, 0.5) is 4.39 Å². The smallest absolute Gasteiger partial charge is 0.187 e. The molecule has 1 aromatic carbocycles. The molecule has 0 bridgehead atoms. The van der Waals surface area contributed by atoms with Gasteiger partial charge >= 0.3 is 0 Å². The summed E-state index contributed by atoms with van der Waals surface area (Å²) in [6.07, 6.45) is 0. The molecule has 12 heavy (non-hydrogen) atoms. The number of hydrogen-bond donors (Lipinski definition) is 0. The number of hydrogen-bond acceptors (Lipinski definition) is 2. The van der Waals surface area contributed by atoms with E-state index in [4.69, 9.17) is 0 Å². The van der Waals surface area contributed by atoms with Gasteiger partial charge in [-0.05, 0) is 24.3 Å². The summed E-state index contributed by atoms with van der Waals surface area (Å²) in [6.45, 7) is 0. The maximum absolute atomic E-state index is 12.4. The molecule has 0 aromatic heterocycles. The second-order valence-electron chi connectivity index (χ2n) is 2.18. The summed E-state index contributed by atoms with van der Waals surface area (Å²) in [5.41, 5.74) is 0. The molecule has 5 heteroatoms. The molecule has 0 aliphatic heterocycles. The van der Waals surface area contributed by atoms with Crippen LogP contribution in [0.25, 0.3) is 0 Å². The summed E-state index contributed by atoms with van der Waals surface area (Å²) in [4.78, 5) is 0.165. The fraction of sp³-hybridized carbons (Fsp3) is 0.143. The zero-order chi connectivity index (χ0) is 9.19. The van der Waals surface area contributed by atoms with Gasteiger partial charge in [0.15, 0.2) is 9.84 Å². The van der Waals surface area contributed by atoms with Gasteiger partial charge in [0.25, 0.3) is 0 Å². The van der Waals surface area contributed by atoms with Crippen LogP contribution in [0.5, 0.6) is 0 Å². The Kier molecular flexibility index (Phi) is 3.05. The lowest BCUT2D eigenvalue weighted by molar-refractivity contribution is 0.600. The van der Waals surface area contributed by atoms with Crippen LogP contribution in [0.3, 0.4) is 0 Å². The van der Waals surface area contributed by atoms with Gasteiger partial charge in [-0.2, -0.15) is 0 Å². The zero-order valence-electron chi connectivity index (χ0n) is 6.00. The fourth-order valence-corrected chi connectivity index (χ4v) is 2.46. The van der Waals surface area contributed by atoms with Crippen LogP contribution in [0.15, 0.2) is 29.2 Å². The minimum absolute atomic E-state index is 0.0103. The van der Waals surface area contributed by atoms with E-state index in [1.165, 1.54) is 12.1 Å². The van der Waals surface area contributed by atoms with Crippen molar-refractivity contribution in [3.63, 3.8) is 0 Å². The monoisotopic (exact) mass is 300 g/mol. The third kappa shape index (κ3) is 2.16. The summed E-state index contributed by atoms with van der Waals surface area (Å²) in [6, 6.07) is 4.81. The van der Waals surface area contributed by atoms with Gasteiger partial charge in [-0.1, -0.05) is 22.6 Å². The van der Waals surface area contributed by atoms with Crippen molar-refractivity contribution in [1.29, 1.82) is 0 Å².